The van der Waals surface area contributed by atoms with Crippen LogP contribution < -0.4 is 10.2 Å². The van der Waals surface area contributed by atoms with Crippen LogP contribution in [0.2, 0.25) is 0 Å². The van der Waals surface area contributed by atoms with Gasteiger partial charge in [0.2, 0.25) is 0 Å². The van der Waals surface area contributed by atoms with E-state index >= 15 is 0 Å². The van der Waals surface area contributed by atoms with Crippen molar-refractivity contribution in [2.75, 3.05) is 11.4 Å². The number of nitrogens with zero attached hydrogens (tertiary/aromatic N) is 1. The lowest BCUT2D eigenvalue weighted by Crippen LogP contribution is -2.49. The maximum Gasteiger partial charge on any atom is 0.327 e. The van der Waals surface area contributed by atoms with E-state index in [4.69, 9.17) is 5.41 Å². The molecule has 4 nitrogen and oxygen atoms in total. The molecule has 0 atom stereocenters. The molecule has 14 heavy (non-hydrogen) atoms. The number of carbonyl (C=O) groups excluding carboxylic acids is 1. The van der Waals surface area contributed by atoms with Gasteiger partial charge in [-0.05, 0) is 12.1 Å². The molecule has 0 saturated carbocycles. The van der Waals surface area contributed by atoms with Crippen molar-refractivity contribution in [1.29, 1.82) is 5.41 Å². The molecule has 0 spiro atoms. The van der Waals surface area contributed by atoms with Crippen LogP contribution in [0, 0.1) is 5.41 Å². The van der Waals surface area contributed by atoms with Gasteiger partial charge in [-0.25, -0.2) is 4.79 Å². The van der Waals surface area contributed by atoms with Gasteiger partial charge in [0.15, 0.2) is 0 Å². The summed E-state index contributed by atoms with van der Waals surface area (Å²) in [4.78, 5) is 12.9. The first-order valence-corrected chi connectivity index (χ1v) is 4.49. The minimum atomic E-state index is -0.215. The van der Waals surface area contributed by atoms with E-state index in [2.05, 4.69) is 5.32 Å². The number of urea groups is 1. The fourth-order valence-corrected chi connectivity index (χ4v) is 1.45. The Kier molecular flexibility index (Phi) is 2.18. The van der Waals surface area contributed by atoms with Crippen molar-refractivity contribution < 1.29 is 4.79 Å². The minimum absolute atomic E-state index is 0.215. The molecule has 2 amide bonds. The van der Waals surface area contributed by atoms with Crippen LogP contribution in [0.3, 0.4) is 0 Å². The summed E-state index contributed by atoms with van der Waals surface area (Å²) in [7, 11) is 0. The lowest BCUT2D eigenvalue weighted by atomic mass is 10.2. The summed E-state index contributed by atoms with van der Waals surface area (Å²) in [5.41, 5.74) is 0.745. The van der Waals surface area contributed by atoms with Gasteiger partial charge >= 0.3 is 6.03 Å². The number of benzene rings is 1. The Morgan fingerprint density at radius 2 is 2.00 bits per heavy atom. The largest absolute Gasteiger partial charge is 0.337 e. The summed E-state index contributed by atoms with van der Waals surface area (Å²) in [6.45, 7) is 0.557. The first-order valence-electron chi connectivity index (χ1n) is 4.49. The molecule has 1 saturated heterocycles. The summed E-state index contributed by atoms with van der Waals surface area (Å²) >= 11 is 0. The van der Waals surface area contributed by atoms with E-state index in [1.807, 2.05) is 30.3 Å². The predicted molar refractivity (Wildman–Crippen MR) is 54.7 cm³/mol. The molecule has 0 radical (unpaired) electrons. The second-order valence-corrected chi connectivity index (χ2v) is 3.10. The Bertz CT molecular complexity index is 345. The third kappa shape index (κ3) is 1.46. The van der Waals surface area contributed by atoms with E-state index in [1.54, 1.807) is 0 Å². The number of nitrogens with one attached hydrogen (secondary N) is 2. The highest BCUT2D eigenvalue weighted by atomic mass is 16.2. The van der Waals surface area contributed by atoms with Gasteiger partial charge in [-0.3, -0.25) is 10.3 Å². The number of rotatable bonds is 1. The summed E-state index contributed by atoms with van der Waals surface area (Å²) in [6.07, 6.45) is 0.584. The Morgan fingerprint density at radius 1 is 1.29 bits per heavy atom. The average molecular weight is 189 g/mol. The Balaban J connectivity index is 2.32. The maximum absolute atomic E-state index is 11.5. The third-order valence-electron chi connectivity index (χ3n) is 2.13. The monoisotopic (exact) mass is 189 g/mol. The highest BCUT2D eigenvalue weighted by Gasteiger charge is 2.23. The van der Waals surface area contributed by atoms with Gasteiger partial charge in [0.25, 0.3) is 0 Å². The van der Waals surface area contributed by atoms with Crippen LogP contribution in [-0.4, -0.2) is 18.4 Å². The van der Waals surface area contributed by atoms with Crippen LogP contribution >= 0.6 is 0 Å². The lowest BCUT2D eigenvalue weighted by Gasteiger charge is -2.27. The zero-order valence-corrected chi connectivity index (χ0v) is 7.66. The first-order chi connectivity index (χ1) is 6.79. The van der Waals surface area contributed by atoms with Crippen LogP contribution in [0.1, 0.15) is 6.42 Å². The maximum atomic E-state index is 11.5. The van der Waals surface area contributed by atoms with Crippen molar-refractivity contribution in [2.45, 2.75) is 6.42 Å². The van der Waals surface area contributed by atoms with Crippen molar-refractivity contribution >= 4 is 17.6 Å². The number of carbonyl (C=O) groups is 1. The van der Waals surface area contributed by atoms with Gasteiger partial charge in [-0.1, -0.05) is 18.2 Å². The van der Waals surface area contributed by atoms with Gasteiger partial charge < -0.3 is 5.32 Å². The fourth-order valence-electron chi connectivity index (χ4n) is 1.45. The molecule has 1 aromatic rings. The number of hydrogen-bond donors (Lipinski definition) is 2. The first kappa shape index (κ1) is 8.74. The second kappa shape index (κ2) is 3.49. The van der Waals surface area contributed by atoms with Gasteiger partial charge in [0.1, 0.15) is 5.84 Å². The van der Waals surface area contributed by atoms with Gasteiger partial charge in [0, 0.05) is 13.0 Å². The molecule has 1 aromatic carbocycles. The van der Waals surface area contributed by atoms with E-state index in [0.29, 0.717) is 18.8 Å². The molecule has 0 aliphatic carbocycles. The molecule has 2 rings (SSSR count). The normalized spacial score (nSPS) is 16.7. The highest BCUT2D eigenvalue weighted by molar-refractivity contribution is 6.16. The van der Waals surface area contributed by atoms with E-state index in [1.165, 1.54) is 4.90 Å². The molecular weight excluding hydrogens is 178 g/mol. The summed E-state index contributed by atoms with van der Waals surface area (Å²) in [5, 5.41) is 10.4. The molecule has 72 valence electrons. The van der Waals surface area contributed by atoms with Crippen LogP contribution in [0.4, 0.5) is 10.5 Å². The van der Waals surface area contributed by atoms with Crippen molar-refractivity contribution in [3.8, 4) is 0 Å². The summed E-state index contributed by atoms with van der Waals surface area (Å²) < 4.78 is 0. The topological polar surface area (TPSA) is 56.2 Å². The zero-order valence-electron chi connectivity index (χ0n) is 7.66. The van der Waals surface area contributed by atoms with E-state index in [9.17, 15) is 4.79 Å². The number of amides is 2. The Morgan fingerprint density at radius 3 is 2.64 bits per heavy atom. The van der Waals surface area contributed by atoms with Gasteiger partial charge in [-0.2, -0.15) is 0 Å². The number of para-hydroxylation sites is 1. The van der Waals surface area contributed by atoms with Crippen molar-refractivity contribution in [2.24, 2.45) is 0 Å². The predicted octanol–water partition coefficient (Wildman–Crippen LogP) is 1.58. The van der Waals surface area contributed by atoms with Crippen LogP contribution in [0.5, 0.6) is 0 Å². The SMILES string of the molecule is N=C1CCNC(=O)N1c1ccccc1. The van der Waals surface area contributed by atoms with E-state index in [0.717, 1.165) is 5.69 Å². The average Bonchev–Trinajstić information content (AvgIpc) is 2.19. The van der Waals surface area contributed by atoms with Crippen molar-refractivity contribution in [3.05, 3.63) is 30.3 Å². The molecule has 4 heteroatoms. The number of anilines is 1. The summed E-state index contributed by atoms with van der Waals surface area (Å²) in [6, 6.07) is 9.01. The molecule has 1 aliphatic heterocycles. The van der Waals surface area contributed by atoms with Gasteiger partial charge in [-0.15, -0.1) is 0 Å². The fraction of sp³-hybridized carbons (Fsp3) is 0.200. The molecule has 0 unspecified atom stereocenters. The highest BCUT2D eigenvalue weighted by Crippen LogP contribution is 2.16. The molecule has 1 heterocycles. The third-order valence-corrected chi connectivity index (χ3v) is 2.13. The standard InChI is InChI=1S/C10H11N3O/c11-9-6-7-12-10(14)13(9)8-4-2-1-3-5-8/h1-5,11H,6-7H2,(H,12,14). The molecule has 0 aromatic heterocycles. The Labute approximate surface area is 82.0 Å². The van der Waals surface area contributed by atoms with Crippen molar-refractivity contribution in [1.82, 2.24) is 5.32 Å². The molecular formula is C10H11N3O. The zero-order chi connectivity index (χ0) is 9.97. The smallest absolute Gasteiger partial charge is 0.327 e. The van der Waals surface area contributed by atoms with Crippen LogP contribution in [0.15, 0.2) is 30.3 Å². The van der Waals surface area contributed by atoms with E-state index in [-0.39, 0.29) is 6.03 Å². The lowest BCUT2D eigenvalue weighted by molar-refractivity contribution is 0.248. The second-order valence-electron chi connectivity index (χ2n) is 3.10. The van der Waals surface area contributed by atoms with Crippen LogP contribution in [-0.2, 0) is 0 Å². The molecule has 2 N–H and O–H groups in total. The number of hydrogen-bond acceptors (Lipinski definition) is 2. The molecule has 0 bridgehead atoms. The van der Waals surface area contributed by atoms with Crippen molar-refractivity contribution in [3.63, 3.8) is 0 Å². The molecule has 1 fully saturated rings. The minimum Gasteiger partial charge on any atom is -0.337 e. The summed E-state index contributed by atoms with van der Waals surface area (Å²) in [5.74, 6) is 0.347. The van der Waals surface area contributed by atoms with E-state index < -0.39 is 0 Å². The number of amidine groups is 1. The van der Waals surface area contributed by atoms with Crippen LogP contribution in [0.25, 0.3) is 0 Å². The quantitative estimate of drug-likeness (QED) is 0.692. The Hall–Kier alpha value is -1.84. The molecule has 1 aliphatic rings. The van der Waals surface area contributed by atoms with Gasteiger partial charge in [0.05, 0.1) is 5.69 Å².